The Morgan fingerprint density at radius 1 is 1.00 bits per heavy atom. The molecule has 1 N–H and O–H groups in total. The lowest BCUT2D eigenvalue weighted by Gasteiger charge is -2.41. The largest absolute Gasteiger partial charge is 0.340 e. The van der Waals surface area contributed by atoms with Gasteiger partial charge >= 0.3 is 0 Å². The Morgan fingerprint density at radius 2 is 1.69 bits per heavy atom. The number of hydrogen-bond acceptors (Lipinski definition) is 3. The SMILES string of the molecule is CC(CC(=O)N1CCN(C2CC3CCC2C3)CC1)C1CCNCC1.Cl.Cl. The first kappa shape index (κ1) is 22.3. The molecule has 4 aliphatic rings. The highest BCUT2D eigenvalue weighted by Gasteiger charge is 2.43. The first-order valence-electron chi connectivity index (χ1n) is 10.4. The second kappa shape index (κ2) is 9.95. The van der Waals surface area contributed by atoms with Crippen LogP contribution in [0.1, 0.15) is 51.9 Å². The lowest BCUT2D eigenvalue weighted by atomic mass is 9.84. The number of piperidine rings is 1. The molecule has 4 fully saturated rings. The number of carbonyl (C=O) groups excluding carboxylic acids is 1. The highest BCUT2D eigenvalue weighted by atomic mass is 35.5. The second-order valence-electron chi connectivity index (χ2n) is 8.93. The minimum atomic E-state index is 0. The van der Waals surface area contributed by atoms with Crippen molar-refractivity contribution in [1.82, 2.24) is 15.1 Å². The first-order chi connectivity index (χ1) is 11.7. The summed E-state index contributed by atoms with van der Waals surface area (Å²) in [5.74, 6) is 3.69. The van der Waals surface area contributed by atoms with Gasteiger partial charge in [-0.25, -0.2) is 0 Å². The van der Waals surface area contributed by atoms with E-state index < -0.39 is 0 Å². The second-order valence-corrected chi connectivity index (χ2v) is 8.93. The fraction of sp³-hybridized carbons (Fsp3) is 0.950. The number of hydrogen-bond donors (Lipinski definition) is 1. The molecule has 2 bridgehead atoms. The molecule has 0 radical (unpaired) electrons. The van der Waals surface area contributed by atoms with Gasteiger partial charge in [0, 0.05) is 38.6 Å². The molecule has 4 atom stereocenters. The molecule has 4 rings (SSSR count). The number of rotatable bonds is 4. The maximum Gasteiger partial charge on any atom is 0.222 e. The van der Waals surface area contributed by atoms with Crippen molar-refractivity contribution in [3.8, 4) is 0 Å². The first-order valence-corrected chi connectivity index (χ1v) is 10.4. The minimum absolute atomic E-state index is 0. The highest BCUT2D eigenvalue weighted by molar-refractivity contribution is 5.85. The van der Waals surface area contributed by atoms with Gasteiger partial charge in [0.15, 0.2) is 0 Å². The highest BCUT2D eigenvalue weighted by Crippen LogP contribution is 2.46. The van der Waals surface area contributed by atoms with E-state index in [1.165, 1.54) is 38.5 Å². The summed E-state index contributed by atoms with van der Waals surface area (Å²) in [5.41, 5.74) is 0. The van der Waals surface area contributed by atoms with Gasteiger partial charge in [0.05, 0.1) is 0 Å². The topological polar surface area (TPSA) is 35.6 Å². The predicted molar refractivity (Wildman–Crippen MR) is 111 cm³/mol. The number of carbonyl (C=O) groups is 1. The van der Waals surface area contributed by atoms with Crippen molar-refractivity contribution >= 4 is 30.7 Å². The summed E-state index contributed by atoms with van der Waals surface area (Å²) in [6.45, 7) is 8.70. The van der Waals surface area contributed by atoms with Crippen LogP contribution in [-0.2, 0) is 4.79 Å². The molecule has 4 unspecified atom stereocenters. The summed E-state index contributed by atoms with van der Waals surface area (Å²) in [4.78, 5) is 17.6. The van der Waals surface area contributed by atoms with Crippen LogP contribution < -0.4 is 5.32 Å². The number of piperazine rings is 1. The average Bonchev–Trinajstić information content (AvgIpc) is 3.26. The van der Waals surface area contributed by atoms with E-state index >= 15 is 0 Å². The van der Waals surface area contributed by atoms with Crippen molar-refractivity contribution in [1.29, 1.82) is 0 Å². The quantitative estimate of drug-likeness (QED) is 0.779. The monoisotopic (exact) mass is 405 g/mol. The number of nitrogens with zero attached hydrogens (tertiary/aromatic N) is 2. The van der Waals surface area contributed by atoms with Gasteiger partial charge in [0.25, 0.3) is 0 Å². The summed E-state index contributed by atoms with van der Waals surface area (Å²) in [7, 11) is 0. The van der Waals surface area contributed by atoms with Crippen LogP contribution in [0.4, 0.5) is 0 Å². The zero-order chi connectivity index (χ0) is 16.5. The molecule has 2 heterocycles. The summed E-state index contributed by atoms with van der Waals surface area (Å²) in [6, 6.07) is 0.842. The van der Waals surface area contributed by atoms with Gasteiger partial charge < -0.3 is 10.2 Å². The van der Waals surface area contributed by atoms with Gasteiger partial charge in [-0.3, -0.25) is 9.69 Å². The zero-order valence-corrected chi connectivity index (χ0v) is 17.8. The van der Waals surface area contributed by atoms with Crippen LogP contribution in [0.25, 0.3) is 0 Å². The van der Waals surface area contributed by atoms with Gasteiger partial charge in [0.1, 0.15) is 0 Å². The van der Waals surface area contributed by atoms with Crippen LogP contribution in [0.5, 0.6) is 0 Å². The summed E-state index contributed by atoms with van der Waals surface area (Å²) in [6.07, 6.45) is 9.11. The smallest absolute Gasteiger partial charge is 0.222 e. The number of halogens is 2. The molecule has 0 aromatic heterocycles. The Balaban J connectivity index is 0.00000121. The number of nitrogens with one attached hydrogen (secondary N) is 1. The van der Waals surface area contributed by atoms with E-state index in [1.54, 1.807) is 0 Å². The summed E-state index contributed by atoms with van der Waals surface area (Å²) >= 11 is 0. The minimum Gasteiger partial charge on any atom is -0.340 e. The van der Waals surface area contributed by atoms with Crippen LogP contribution >= 0.6 is 24.8 Å². The lowest BCUT2D eigenvalue weighted by Crippen LogP contribution is -2.53. The van der Waals surface area contributed by atoms with Crippen LogP contribution in [0.2, 0.25) is 0 Å². The Labute approximate surface area is 171 Å². The average molecular weight is 406 g/mol. The van der Waals surface area contributed by atoms with Crippen LogP contribution in [0, 0.1) is 23.7 Å². The molecule has 1 amide bonds. The van der Waals surface area contributed by atoms with Gasteiger partial charge in [-0.05, 0) is 68.9 Å². The molecule has 2 saturated heterocycles. The number of amides is 1. The van der Waals surface area contributed by atoms with E-state index in [4.69, 9.17) is 0 Å². The Hall–Kier alpha value is -0.0300. The molecule has 4 nitrogen and oxygen atoms in total. The molecule has 0 aromatic carbocycles. The lowest BCUT2D eigenvalue weighted by molar-refractivity contribution is -0.134. The van der Waals surface area contributed by atoms with Crippen LogP contribution in [-0.4, -0.2) is 61.0 Å². The van der Waals surface area contributed by atoms with Crippen LogP contribution in [0.15, 0.2) is 0 Å². The molecule has 26 heavy (non-hydrogen) atoms. The molecule has 0 aromatic rings. The third-order valence-corrected chi connectivity index (χ3v) is 7.52. The van der Waals surface area contributed by atoms with E-state index in [0.29, 0.717) is 11.8 Å². The summed E-state index contributed by atoms with van der Waals surface area (Å²) < 4.78 is 0. The molecule has 0 spiro atoms. The van der Waals surface area contributed by atoms with Gasteiger partial charge in [0.2, 0.25) is 5.91 Å². The molecule has 2 saturated carbocycles. The maximum absolute atomic E-state index is 12.7. The predicted octanol–water partition coefficient (Wildman–Crippen LogP) is 3.19. The molecule has 2 aliphatic carbocycles. The Kier molecular flexibility index (Phi) is 8.52. The number of fused-ring (bicyclic) bond motifs is 2. The molecule has 6 heteroatoms. The Bertz CT molecular complexity index is 450. The van der Waals surface area contributed by atoms with Gasteiger partial charge in [-0.1, -0.05) is 13.3 Å². The third-order valence-electron chi connectivity index (χ3n) is 7.52. The molecular weight excluding hydrogens is 369 g/mol. The zero-order valence-electron chi connectivity index (χ0n) is 16.2. The maximum atomic E-state index is 12.7. The Morgan fingerprint density at radius 3 is 2.27 bits per heavy atom. The van der Waals surface area contributed by atoms with E-state index in [1.807, 2.05) is 0 Å². The van der Waals surface area contributed by atoms with Crippen molar-refractivity contribution in [2.75, 3.05) is 39.3 Å². The molecular formula is C20H37Cl2N3O. The van der Waals surface area contributed by atoms with Gasteiger partial charge in [-0.15, -0.1) is 24.8 Å². The fourth-order valence-electron chi connectivity index (χ4n) is 5.95. The van der Waals surface area contributed by atoms with Crippen molar-refractivity contribution < 1.29 is 4.79 Å². The van der Waals surface area contributed by atoms with E-state index in [9.17, 15) is 4.79 Å². The van der Waals surface area contributed by atoms with Crippen molar-refractivity contribution in [2.45, 2.75) is 57.9 Å². The summed E-state index contributed by atoms with van der Waals surface area (Å²) in [5, 5.41) is 3.43. The van der Waals surface area contributed by atoms with E-state index in [2.05, 4.69) is 22.0 Å². The molecule has 2 aliphatic heterocycles. The van der Waals surface area contributed by atoms with E-state index in [0.717, 1.165) is 69.5 Å². The normalized spacial score (nSPS) is 33.4. The molecule has 152 valence electrons. The standard InChI is InChI=1S/C20H35N3O.2ClH/c1-15(17-4-6-21-7-5-17)12-20(24)23-10-8-22(9-11-23)19-14-16-2-3-18(19)13-16;;/h15-19,21H,2-14H2,1H3;2*1H. The van der Waals surface area contributed by atoms with Crippen molar-refractivity contribution in [3.63, 3.8) is 0 Å². The fourth-order valence-corrected chi connectivity index (χ4v) is 5.95. The van der Waals surface area contributed by atoms with Crippen molar-refractivity contribution in [3.05, 3.63) is 0 Å². The van der Waals surface area contributed by atoms with Crippen molar-refractivity contribution in [2.24, 2.45) is 23.7 Å². The van der Waals surface area contributed by atoms with E-state index in [-0.39, 0.29) is 24.8 Å². The third kappa shape index (κ3) is 4.87. The van der Waals surface area contributed by atoms with Gasteiger partial charge in [-0.2, -0.15) is 0 Å². The van der Waals surface area contributed by atoms with Crippen LogP contribution in [0.3, 0.4) is 0 Å².